The molecule has 1 aromatic rings. The molecule has 1 atom stereocenters. The van der Waals surface area contributed by atoms with E-state index < -0.39 is 0 Å². The Morgan fingerprint density at radius 1 is 1.24 bits per heavy atom. The van der Waals surface area contributed by atoms with Gasteiger partial charge < -0.3 is 10.2 Å². The second-order valence-electron chi connectivity index (χ2n) is 7.35. The molecule has 2 heterocycles. The van der Waals surface area contributed by atoms with Gasteiger partial charge in [0, 0.05) is 24.8 Å². The van der Waals surface area contributed by atoms with Gasteiger partial charge in [-0.05, 0) is 50.9 Å². The predicted molar refractivity (Wildman–Crippen MR) is 100 cm³/mol. The SMILES string of the molecule is CCN1CCC[C@H]1CNC(=O)N(Cc1ccccn1)C1CCCCC1. The number of carbonyl (C=O) groups excluding carboxylic acids is 1. The van der Waals surface area contributed by atoms with Crippen molar-refractivity contribution in [2.45, 2.75) is 70.5 Å². The third-order valence-electron chi connectivity index (χ3n) is 5.73. The Morgan fingerprint density at radius 2 is 2.08 bits per heavy atom. The Bertz CT molecular complexity index is 530. The third kappa shape index (κ3) is 4.94. The van der Waals surface area contributed by atoms with E-state index in [4.69, 9.17) is 0 Å². The molecule has 1 saturated heterocycles. The van der Waals surface area contributed by atoms with Crippen LogP contribution in [0.2, 0.25) is 0 Å². The first-order chi connectivity index (χ1) is 12.3. The number of rotatable bonds is 6. The van der Waals surface area contributed by atoms with Crippen molar-refractivity contribution in [3.8, 4) is 0 Å². The zero-order valence-corrected chi connectivity index (χ0v) is 15.5. The topological polar surface area (TPSA) is 48.5 Å². The highest BCUT2D eigenvalue weighted by Crippen LogP contribution is 2.24. The van der Waals surface area contributed by atoms with E-state index in [9.17, 15) is 4.79 Å². The van der Waals surface area contributed by atoms with Crippen LogP contribution in [0.4, 0.5) is 4.79 Å². The number of carbonyl (C=O) groups is 1. The van der Waals surface area contributed by atoms with Crippen molar-refractivity contribution in [2.75, 3.05) is 19.6 Å². The fourth-order valence-corrected chi connectivity index (χ4v) is 4.27. The Morgan fingerprint density at radius 3 is 2.80 bits per heavy atom. The van der Waals surface area contributed by atoms with Crippen molar-refractivity contribution in [1.82, 2.24) is 20.1 Å². The molecule has 2 aliphatic rings. The van der Waals surface area contributed by atoms with E-state index in [0.29, 0.717) is 18.6 Å². The van der Waals surface area contributed by atoms with Gasteiger partial charge in [0.2, 0.25) is 0 Å². The molecule has 5 heteroatoms. The standard InChI is InChI=1S/C20H32N4O/c1-2-23-14-8-12-19(23)15-22-20(25)24(18-10-4-3-5-11-18)16-17-9-6-7-13-21-17/h6-7,9,13,18-19H,2-5,8,10-12,14-16H2,1H3,(H,22,25)/t19-/m0/s1. The van der Waals surface area contributed by atoms with Crippen LogP contribution < -0.4 is 5.32 Å². The lowest BCUT2D eigenvalue weighted by Crippen LogP contribution is -2.49. The van der Waals surface area contributed by atoms with Gasteiger partial charge in [0.15, 0.2) is 0 Å². The van der Waals surface area contributed by atoms with Crippen LogP contribution in [0.25, 0.3) is 0 Å². The summed E-state index contributed by atoms with van der Waals surface area (Å²) in [6.07, 6.45) is 10.2. The number of hydrogen-bond donors (Lipinski definition) is 1. The summed E-state index contributed by atoms with van der Waals surface area (Å²) in [5.41, 5.74) is 0.972. The van der Waals surface area contributed by atoms with Crippen LogP contribution in [0, 0.1) is 0 Å². The molecular formula is C20H32N4O. The molecule has 0 radical (unpaired) electrons. The highest BCUT2D eigenvalue weighted by molar-refractivity contribution is 5.74. The molecule has 138 valence electrons. The van der Waals surface area contributed by atoms with Gasteiger partial charge in [0.25, 0.3) is 0 Å². The summed E-state index contributed by atoms with van der Waals surface area (Å²) >= 11 is 0. The number of hydrogen-bond acceptors (Lipinski definition) is 3. The lowest BCUT2D eigenvalue weighted by Gasteiger charge is -2.35. The molecule has 0 aromatic carbocycles. The fourth-order valence-electron chi connectivity index (χ4n) is 4.27. The molecule has 1 saturated carbocycles. The maximum absolute atomic E-state index is 13.0. The molecule has 1 aliphatic carbocycles. The molecular weight excluding hydrogens is 312 g/mol. The zero-order valence-electron chi connectivity index (χ0n) is 15.5. The number of amides is 2. The molecule has 1 N–H and O–H groups in total. The Labute approximate surface area is 151 Å². The summed E-state index contributed by atoms with van der Waals surface area (Å²) in [6, 6.07) is 6.86. The Kier molecular flexibility index (Phi) is 6.68. The number of nitrogens with one attached hydrogen (secondary N) is 1. The smallest absolute Gasteiger partial charge is 0.318 e. The van der Waals surface area contributed by atoms with Crippen LogP contribution in [0.1, 0.15) is 57.6 Å². The minimum Gasteiger partial charge on any atom is -0.336 e. The first-order valence-corrected chi connectivity index (χ1v) is 9.96. The summed E-state index contributed by atoms with van der Waals surface area (Å²) < 4.78 is 0. The number of aromatic nitrogens is 1. The maximum Gasteiger partial charge on any atom is 0.318 e. The number of pyridine rings is 1. The van der Waals surface area contributed by atoms with E-state index >= 15 is 0 Å². The first kappa shape index (κ1) is 18.2. The van der Waals surface area contributed by atoms with Gasteiger partial charge in [-0.2, -0.15) is 0 Å². The average molecular weight is 345 g/mol. The third-order valence-corrected chi connectivity index (χ3v) is 5.73. The van der Waals surface area contributed by atoms with E-state index in [1.807, 2.05) is 29.3 Å². The van der Waals surface area contributed by atoms with E-state index in [2.05, 4.69) is 22.1 Å². The van der Waals surface area contributed by atoms with Crippen molar-refractivity contribution < 1.29 is 4.79 Å². The first-order valence-electron chi connectivity index (χ1n) is 9.96. The van der Waals surface area contributed by atoms with Crippen molar-refractivity contribution in [3.05, 3.63) is 30.1 Å². The maximum atomic E-state index is 13.0. The van der Waals surface area contributed by atoms with Crippen LogP contribution in [-0.4, -0.2) is 52.5 Å². The lowest BCUT2D eigenvalue weighted by molar-refractivity contribution is 0.146. The van der Waals surface area contributed by atoms with Crippen LogP contribution in [-0.2, 0) is 6.54 Å². The van der Waals surface area contributed by atoms with E-state index in [1.165, 1.54) is 32.1 Å². The van der Waals surface area contributed by atoms with E-state index in [0.717, 1.165) is 38.2 Å². The number of nitrogens with zero attached hydrogens (tertiary/aromatic N) is 3. The Balaban J connectivity index is 1.62. The van der Waals surface area contributed by atoms with Crippen LogP contribution >= 0.6 is 0 Å². The van der Waals surface area contributed by atoms with Gasteiger partial charge in [-0.1, -0.05) is 32.3 Å². The zero-order chi connectivity index (χ0) is 17.5. The van der Waals surface area contributed by atoms with Gasteiger partial charge in [-0.25, -0.2) is 4.79 Å². The summed E-state index contributed by atoms with van der Waals surface area (Å²) in [6.45, 7) is 5.81. The van der Waals surface area contributed by atoms with Gasteiger partial charge in [0.1, 0.15) is 0 Å². The van der Waals surface area contributed by atoms with E-state index in [-0.39, 0.29) is 6.03 Å². The molecule has 1 aromatic heterocycles. The van der Waals surface area contributed by atoms with Crippen molar-refractivity contribution in [2.24, 2.45) is 0 Å². The minimum absolute atomic E-state index is 0.0838. The molecule has 2 fully saturated rings. The van der Waals surface area contributed by atoms with Crippen molar-refractivity contribution in [3.63, 3.8) is 0 Å². The van der Waals surface area contributed by atoms with Crippen molar-refractivity contribution in [1.29, 1.82) is 0 Å². The lowest BCUT2D eigenvalue weighted by atomic mass is 9.94. The Hall–Kier alpha value is -1.62. The number of likely N-dealkylation sites (N-methyl/N-ethyl adjacent to an activating group) is 1. The van der Waals surface area contributed by atoms with Gasteiger partial charge in [0.05, 0.1) is 12.2 Å². The molecule has 0 bridgehead atoms. The largest absolute Gasteiger partial charge is 0.336 e. The summed E-state index contributed by atoms with van der Waals surface area (Å²) in [7, 11) is 0. The van der Waals surface area contributed by atoms with Gasteiger partial charge >= 0.3 is 6.03 Å². The molecule has 5 nitrogen and oxygen atoms in total. The highest BCUT2D eigenvalue weighted by atomic mass is 16.2. The second kappa shape index (κ2) is 9.18. The molecule has 0 unspecified atom stereocenters. The molecule has 0 spiro atoms. The predicted octanol–water partition coefficient (Wildman–Crippen LogP) is 3.41. The molecule has 25 heavy (non-hydrogen) atoms. The molecule has 2 amide bonds. The van der Waals surface area contributed by atoms with Gasteiger partial charge in [-0.15, -0.1) is 0 Å². The minimum atomic E-state index is 0.0838. The quantitative estimate of drug-likeness (QED) is 0.860. The summed E-state index contributed by atoms with van der Waals surface area (Å²) in [4.78, 5) is 21.9. The normalized spacial score (nSPS) is 22.0. The highest BCUT2D eigenvalue weighted by Gasteiger charge is 2.28. The number of likely N-dealkylation sites (tertiary alicyclic amines) is 1. The summed E-state index contributed by atoms with van der Waals surface area (Å²) in [5.74, 6) is 0. The average Bonchev–Trinajstić information content (AvgIpc) is 3.13. The molecule has 1 aliphatic heterocycles. The van der Waals surface area contributed by atoms with Crippen molar-refractivity contribution >= 4 is 6.03 Å². The number of urea groups is 1. The van der Waals surface area contributed by atoms with E-state index in [1.54, 1.807) is 0 Å². The fraction of sp³-hybridized carbons (Fsp3) is 0.700. The summed E-state index contributed by atoms with van der Waals surface area (Å²) in [5, 5.41) is 3.22. The van der Waals surface area contributed by atoms with Gasteiger partial charge in [-0.3, -0.25) is 9.88 Å². The van der Waals surface area contributed by atoms with Crippen LogP contribution in [0.3, 0.4) is 0 Å². The second-order valence-corrected chi connectivity index (χ2v) is 7.35. The molecule has 3 rings (SSSR count). The van der Waals surface area contributed by atoms with Crippen LogP contribution in [0.5, 0.6) is 0 Å². The van der Waals surface area contributed by atoms with Crippen LogP contribution in [0.15, 0.2) is 24.4 Å². The monoisotopic (exact) mass is 344 g/mol.